The van der Waals surface area contributed by atoms with E-state index in [2.05, 4.69) is 33.3 Å². The van der Waals surface area contributed by atoms with Gasteiger partial charge in [0.2, 0.25) is 0 Å². The molecule has 0 saturated carbocycles. The quantitative estimate of drug-likeness (QED) is 0.813. The first kappa shape index (κ1) is 14.9. The largest absolute Gasteiger partial charge is 0.491 e. The topological polar surface area (TPSA) is 59.3 Å². The third-order valence-corrected chi connectivity index (χ3v) is 3.10. The molecule has 20 heavy (non-hydrogen) atoms. The first-order valence-corrected chi connectivity index (χ1v) is 7.25. The summed E-state index contributed by atoms with van der Waals surface area (Å²) in [5, 5.41) is 16.3. The van der Waals surface area contributed by atoms with Crippen molar-refractivity contribution in [3.8, 4) is 5.75 Å². The summed E-state index contributed by atoms with van der Waals surface area (Å²) >= 11 is 3.38. The van der Waals surface area contributed by atoms with Crippen molar-refractivity contribution < 1.29 is 9.84 Å². The minimum atomic E-state index is 0.0243. The van der Waals surface area contributed by atoms with Crippen molar-refractivity contribution in [2.75, 3.05) is 18.5 Å². The second kappa shape index (κ2) is 7.31. The molecule has 0 spiro atoms. The molecule has 0 bridgehead atoms. The lowest BCUT2D eigenvalue weighted by Gasteiger charge is -2.15. The fraction of sp³-hybridized carbons (Fsp3) is 0.357. The molecule has 2 N–H and O–H groups in total. The summed E-state index contributed by atoms with van der Waals surface area (Å²) < 4.78 is 8.19. The summed E-state index contributed by atoms with van der Waals surface area (Å²) in [5.74, 6) is 0.758. The van der Waals surface area contributed by atoms with Gasteiger partial charge in [-0.25, -0.2) is 0 Å². The summed E-state index contributed by atoms with van der Waals surface area (Å²) in [6, 6.07) is 7.94. The molecule has 0 aliphatic heterocycles. The van der Waals surface area contributed by atoms with Gasteiger partial charge in [0.25, 0.3) is 0 Å². The molecular weight excluding hydrogens is 322 g/mol. The van der Waals surface area contributed by atoms with Gasteiger partial charge in [0.05, 0.1) is 23.8 Å². The highest BCUT2D eigenvalue weighted by Gasteiger charge is 2.04. The number of aliphatic hydroxyl groups is 1. The number of hydrogen-bond acceptors (Lipinski definition) is 4. The maximum atomic E-state index is 8.69. The zero-order valence-corrected chi connectivity index (χ0v) is 12.9. The number of ether oxygens (including phenoxy) is 1. The minimum absolute atomic E-state index is 0.0243. The van der Waals surface area contributed by atoms with Crippen LogP contribution in [0.3, 0.4) is 0 Å². The lowest BCUT2D eigenvalue weighted by molar-refractivity contribution is 0.201. The lowest BCUT2D eigenvalue weighted by Crippen LogP contribution is -2.22. The summed E-state index contributed by atoms with van der Waals surface area (Å²) in [6.07, 6.45) is 3.73. The summed E-state index contributed by atoms with van der Waals surface area (Å²) in [7, 11) is 0. The van der Waals surface area contributed by atoms with Crippen LogP contribution in [0.5, 0.6) is 5.75 Å². The highest BCUT2D eigenvalue weighted by molar-refractivity contribution is 9.10. The maximum Gasteiger partial charge on any atom is 0.119 e. The predicted octanol–water partition coefficient (Wildman–Crippen LogP) is 2.52. The number of hydrogen-bond donors (Lipinski definition) is 2. The van der Waals surface area contributed by atoms with E-state index in [1.165, 1.54) is 0 Å². The lowest BCUT2D eigenvalue weighted by atomic mass is 10.2. The van der Waals surface area contributed by atoms with E-state index in [0.717, 1.165) is 22.5 Å². The fourth-order valence-corrected chi connectivity index (χ4v) is 2.19. The standard InChI is InChI=1S/C14H18BrN3O2/c1-11(9-18-10-12(15)8-16-18)17-13-2-4-14(5-3-13)20-7-6-19/h2-5,8,10-11,17,19H,6-7,9H2,1H3. The number of anilines is 1. The molecule has 2 rings (SSSR count). The molecule has 0 amide bonds. The zero-order chi connectivity index (χ0) is 14.4. The monoisotopic (exact) mass is 339 g/mol. The van der Waals surface area contributed by atoms with Crippen LogP contribution in [0.1, 0.15) is 6.92 Å². The number of aliphatic hydroxyl groups excluding tert-OH is 1. The number of benzene rings is 1. The molecule has 1 heterocycles. The first-order valence-electron chi connectivity index (χ1n) is 6.45. The Morgan fingerprint density at radius 1 is 1.40 bits per heavy atom. The average molecular weight is 340 g/mol. The smallest absolute Gasteiger partial charge is 0.119 e. The van der Waals surface area contributed by atoms with E-state index in [1.807, 2.05) is 35.1 Å². The van der Waals surface area contributed by atoms with E-state index in [0.29, 0.717) is 6.61 Å². The Bertz CT molecular complexity index is 527. The summed E-state index contributed by atoms with van der Waals surface area (Å²) in [4.78, 5) is 0. The van der Waals surface area contributed by atoms with Crippen molar-refractivity contribution in [3.63, 3.8) is 0 Å². The minimum Gasteiger partial charge on any atom is -0.491 e. The van der Waals surface area contributed by atoms with Crippen molar-refractivity contribution in [1.82, 2.24) is 9.78 Å². The van der Waals surface area contributed by atoms with Gasteiger partial charge < -0.3 is 15.2 Å². The van der Waals surface area contributed by atoms with Crippen LogP contribution in [0, 0.1) is 0 Å². The van der Waals surface area contributed by atoms with E-state index >= 15 is 0 Å². The Morgan fingerprint density at radius 3 is 2.75 bits per heavy atom. The number of nitrogens with one attached hydrogen (secondary N) is 1. The van der Waals surface area contributed by atoms with Crippen molar-refractivity contribution in [3.05, 3.63) is 41.1 Å². The fourth-order valence-electron chi connectivity index (χ4n) is 1.86. The molecule has 108 valence electrons. The molecule has 1 atom stereocenters. The van der Waals surface area contributed by atoms with Gasteiger partial charge in [-0.1, -0.05) is 0 Å². The van der Waals surface area contributed by atoms with Crippen LogP contribution in [0.4, 0.5) is 5.69 Å². The first-order chi connectivity index (χ1) is 9.67. The zero-order valence-electron chi connectivity index (χ0n) is 11.3. The second-order valence-electron chi connectivity index (χ2n) is 4.52. The molecule has 0 aliphatic carbocycles. The Hall–Kier alpha value is -1.53. The van der Waals surface area contributed by atoms with Crippen LogP contribution in [0.2, 0.25) is 0 Å². The Morgan fingerprint density at radius 2 is 2.15 bits per heavy atom. The Kier molecular flexibility index (Phi) is 5.43. The van der Waals surface area contributed by atoms with E-state index in [-0.39, 0.29) is 12.6 Å². The molecule has 1 aromatic heterocycles. The molecule has 6 heteroatoms. The van der Waals surface area contributed by atoms with Crippen LogP contribution in [-0.4, -0.2) is 34.1 Å². The molecule has 0 saturated heterocycles. The van der Waals surface area contributed by atoms with Gasteiger partial charge >= 0.3 is 0 Å². The molecule has 2 aromatic rings. The number of rotatable bonds is 7. The van der Waals surface area contributed by atoms with Crippen LogP contribution in [0.15, 0.2) is 41.1 Å². The van der Waals surface area contributed by atoms with Crippen LogP contribution < -0.4 is 10.1 Å². The highest BCUT2D eigenvalue weighted by atomic mass is 79.9. The van der Waals surface area contributed by atoms with Crippen molar-refractivity contribution in [1.29, 1.82) is 0 Å². The number of halogens is 1. The van der Waals surface area contributed by atoms with Gasteiger partial charge in [0.15, 0.2) is 0 Å². The second-order valence-corrected chi connectivity index (χ2v) is 5.44. The Balaban J connectivity index is 1.85. The van der Waals surface area contributed by atoms with Gasteiger partial charge in [-0.05, 0) is 47.1 Å². The predicted molar refractivity (Wildman–Crippen MR) is 82.0 cm³/mol. The number of nitrogens with zero attached hydrogens (tertiary/aromatic N) is 2. The van der Waals surface area contributed by atoms with Crippen molar-refractivity contribution >= 4 is 21.6 Å². The molecule has 0 radical (unpaired) electrons. The van der Waals surface area contributed by atoms with Gasteiger partial charge in [0, 0.05) is 17.9 Å². The number of aromatic nitrogens is 2. The van der Waals surface area contributed by atoms with Gasteiger partial charge in [-0.3, -0.25) is 4.68 Å². The van der Waals surface area contributed by atoms with Gasteiger partial charge in [-0.2, -0.15) is 5.10 Å². The van der Waals surface area contributed by atoms with Crippen LogP contribution in [-0.2, 0) is 6.54 Å². The summed E-state index contributed by atoms with van der Waals surface area (Å²) in [5.41, 5.74) is 1.03. The summed E-state index contributed by atoms with van der Waals surface area (Å²) in [6.45, 7) is 3.23. The maximum absolute atomic E-state index is 8.69. The van der Waals surface area contributed by atoms with Gasteiger partial charge in [-0.15, -0.1) is 0 Å². The normalized spacial score (nSPS) is 12.2. The van der Waals surface area contributed by atoms with E-state index in [9.17, 15) is 0 Å². The van der Waals surface area contributed by atoms with E-state index in [4.69, 9.17) is 9.84 Å². The van der Waals surface area contributed by atoms with Crippen molar-refractivity contribution in [2.45, 2.75) is 19.5 Å². The third-order valence-electron chi connectivity index (χ3n) is 2.69. The van der Waals surface area contributed by atoms with Crippen LogP contribution >= 0.6 is 15.9 Å². The molecular formula is C14H18BrN3O2. The molecule has 0 fully saturated rings. The Labute approximate surface area is 126 Å². The highest BCUT2D eigenvalue weighted by Crippen LogP contribution is 2.16. The molecule has 1 aromatic carbocycles. The van der Waals surface area contributed by atoms with E-state index in [1.54, 1.807) is 6.20 Å². The molecule has 1 unspecified atom stereocenters. The van der Waals surface area contributed by atoms with Crippen molar-refractivity contribution in [2.24, 2.45) is 0 Å². The van der Waals surface area contributed by atoms with E-state index < -0.39 is 0 Å². The van der Waals surface area contributed by atoms with Gasteiger partial charge in [0.1, 0.15) is 12.4 Å². The van der Waals surface area contributed by atoms with Crippen LogP contribution in [0.25, 0.3) is 0 Å². The third kappa shape index (κ3) is 4.54. The molecule has 5 nitrogen and oxygen atoms in total. The molecule has 0 aliphatic rings. The SMILES string of the molecule is CC(Cn1cc(Br)cn1)Nc1ccc(OCCO)cc1. The average Bonchev–Trinajstić information content (AvgIpc) is 2.83.